The summed E-state index contributed by atoms with van der Waals surface area (Å²) in [5.74, 6) is 0.711. The lowest BCUT2D eigenvalue weighted by Crippen LogP contribution is -2.28. The predicted octanol–water partition coefficient (Wildman–Crippen LogP) is 3.04. The number of hydrogen-bond donors (Lipinski definition) is 1. The van der Waals surface area contributed by atoms with Crippen molar-refractivity contribution in [1.29, 1.82) is 0 Å². The summed E-state index contributed by atoms with van der Waals surface area (Å²) in [5, 5.41) is 3.18. The molecule has 2 atom stereocenters. The Labute approximate surface area is 103 Å². The van der Waals surface area contributed by atoms with Gasteiger partial charge >= 0.3 is 0 Å². The second kappa shape index (κ2) is 6.21. The molecule has 0 aromatic carbocycles. The Morgan fingerprint density at radius 2 is 2.12 bits per heavy atom. The van der Waals surface area contributed by atoms with Crippen LogP contribution in [0.2, 0.25) is 0 Å². The molecular formula is C12H23N3S. The number of nitrogens with zero attached hydrogens (tertiary/aromatic N) is 2. The third-order valence-electron chi connectivity index (χ3n) is 2.86. The smallest absolute Gasteiger partial charge is 0.185 e. The van der Waals surface area contributed by atoms with Gasteiger partial charge < -0.3 is 10.6 Å². The molecule has 0 aliphatic rings. The Kier molecular flexibility index (Phi) is 5.22. The standard InChI is InChI=1S/C12H23N3S/c1-5-9(3)7-15(6-2)12-14-11(8-16-12)10(4)13/h8-10H,5-7,13H2,1-4H3. The highest BCUT2D eigenvalue weighted by molar-refractivity contribution is 7.13. The fourth-order valence-electron chi connectivity index (χ4n) is 1.48. The van der Waals surface area contributed by atoms with E-state index in [9.17, 15) is 0 Å². The fraction of sp³-hybridized carbons (Fsp3) is 0.750. The minimum absolute atomic E-state index is 0.0345. The summed E-state index contributed by atoms with van der Waals surface area (Å²) in [6, 6.07) is 0.0345. The van der Waals surface area contributed by atoms with Gasteiger partial charge in [0.05, 0.1) is 5.69 Å². The fourth-order valence-corrected chi connectivity index (χ4v) is 2.48. The quantitative estimate of drug-likeness (QED) is 0.832. The van der Waals surface area contributed by atoms with Gasteiger partial charge in [0, 0.05) is 24.5 Å². The molecule has 0 aliphatic carbocycles. The molecule has 0 bridgehead atoms. The Morgan fingerprint density at radius 1 is 1.44 bits per heavy atom. The number of anilines is 1. The number of aromatic nitrogens is 1. The van der Waals surface area contributed by atoms with E-state index in [0.29, 0.717) is 5.92 Å². The highest BCUT2D eigenvalue weighted by atomic mass is 32.1. The van der Waals surface area contributed by atoms with Crippen molar-refractivity contribution in [3.63, 3.8) is 0 Å². The van der Waals surface area contributed by atoms with Gasteiger partial charge in [0.1, 0.15) is 0 Å². The Morgan fingerprint density at radius 3 is 2.56 bits per heavy atom. The van der Waals surface area contributed by atoms with Crippen LogP contribution in [-0.2, 0) is 0 Å². The van der Waals surface area contributed by atoms with Gasteiger partial charge in [-0.05, 0) is 19.8 Å². The summed E-state index contributed by atoms with van der Waals surface area (Å²) in [5.41, 5.74) is 6.82. The van der Waals surface area contributed by atoms with Crippen molar-refractivity contribution in [2.45, 2.75) is 40.2 Å². The molecule has 0 radical (unpaired) electrons. The van der Waals surface area contributed by atoms with Crippen LogP contribution in [0, 0.1) is 5.92 Å². The Hall–Kier alpha value is -0.610. The SMILES string of the molecule is CCC(C)CN(CC)c1nc(C(C)N)cs1. The van der Waals surface area contributed by atoms with E-state index in [4.69, 9.17) is 5.73 Å². The molecule has 1 heterocycles. The summed E-state index contributed by atoms with van der Waals surface area (Å²) in [6.45, 7) is 10.8. The maximum absolute atomic E-state index is 5.82. The van der Waals surface area contributed by atoms with Gasteiger partial charge in [-0.1, -0.05) is 20.3 Å². The lowest BCUT2D eigenvalue weighted by Gasteiger charge is -2.23. The maximum atomic E-state index is 5.82. The van der Waals surface area contributed by atoms with Crippen molar-refractivity contribution in [2.75, 3.05) is 18.0 Å². The normalized spacial score (nSPS) is 14.8. The van der Waals surface area contributed by atoms with Crippen LogP contribution >= 0.6 is 11.3 Å². The summed E-state index contributed by atoms with van der Waals surface area (Å²) < 4.78 is 0. The second-order valence-electron chi connectivity index (χ2n) is 4.40. The number of nitrogens with two attached hydrogens (primary N) is 1. The van der Waals surface area contributed by atoms with Gasteiger partial charge in [0.25, 0.3) is 0 Å². The van der Waals surface area contributed by atoms with Crippen LogP contribution in [0.1, 0.15) is 45.9 Å². The summed E-state index contributed by atoms with van der Waals surface area (Å²) >= 11 is 1.70. The van der Waals surface area contributed by atoms with Gasteiger partial charge in [-0.3, -0.25) is 0 Å². The Bertz CT molecular complexity index is 309. The van der Waals surface area contributed by atoms with Crippen molar-refractivity contribution in [2.24, 2.45) is 11.7 Å². The van der Waals surface area contributed by atoms with Crippen LogP contribution in [0.5, 0.6) is 0 Å². The monoisotopic (exact) mass is 241 g/mol. The third kappa shape index (κ3) is 3.46. The molecule has 0 spiro atoms. The second-order valence-corrected chi connectivity index (χ2v) is 5.23. The third-order valence-corrected chi connectivity index (χ3v) is 3.78. The lowest BCUT2D eigenvalue weighted by atomic mass is 10.1. The van der Waals surface area contributed by atoms with E-state index < -0.39 is 0 Å². The molecule has 4 heteroatoms. The summed E-state index contributed by atoms with van der Waals surface area (Å²) in [6.07, 6.45) is 1.21. The zero-order valence-corrected chi connectivity index (χ0v) is 11.5. The van der Waals surface area contributed by atoms with Gasteiger partial charge in [-0.25, -0.2) is 4.98 Å². The molecule has 1 aromatic rings. The van der Waals surface area contributed by atoms with E-state index in [1.165, 1.54) is 6.42 Å². The van der Waals surface area contributed by atoms with Gasteiger partial charge in [-0.2, -0.15) is 0 Å². The van der Waals surface area contributed by atoms with E-state index in [1.54, 1.807) is 11.3 Å². The first-order valence-corrected chi connectivity index (χ1v) is 6.92. The van der Waals surface area contributed by atoms with Crippen molar-refractivity contribution >= 4 is 16.5 Å². The predicted molar refractivity (Wildman–Crippen MR) is 72.1 cm³/mol. The van der Waals surface area contributed by atoms with Crippen LogP contribution in [-0.4, -0.2) is 18.1 Å². The van der Waals surface area contributed by atoms with E-state index >= 15 is 0 Å². The first-order valence-electron chi connectivity index (χ1n) is 6.04. The average molecular weight is 241 g/mol. The van der Waals surface area contributed by atoms with Gasteiger partial charge in [-0.15, -0.1) is 11.3 Å². The molecule has 2 N–H and O–H groups in total. The van der Waals surface area contributed by atoms with E-state index in [0.717, 1.165) is 23.9 Å². The molecular weight excluding hydrogens is 218 g/mol. The molecule has 3 nitrogen and oxygen atoms in total. The van der Waals surface area contributed by atoms with Crippen molar-refractivity contribution in [1.82, 2.24) is 4.98 Å². The topological polar surface area (TPSA) is 42.2 Å². The van der Waals surface area contributed by atoms with Crippen LogP contribution in [0.25, 0.3) is 0 Å². The molecule has 2 unspecified atom stereocenters. The Balaban J connectivity index is 2.71. The maximum Gasteiger partial charge on any atom is 0.185 e. The molecule has 0 saturated carbocycles. The van der Waals surface area contributed by atoms with E-state index in [1.807, 2.05) is 6.92 Å². The van der Waals surface area contributed by atoms with Crippen molar-refractivity contribution in [3.8, 4) is 0 Å². The molecule has 1 rings (SSSR count). The van der Waals surface area contributed by atoms with E-state index in [2.05, 4.69) is 36.0 Å². The highest BCUT2D eigenvalue weighted by Gasteiger charge is 2.13. The number of thiazole rings is 1. The average Bonchev–Trinajstić information content (AvgIpc) is 2.74. The minimum Gasteiger partial charge on any atom is -0.348 e. The molecule has 0 aliphatic heterocycles. The van der Waals surface area contributed by atoms with Gasteiger partial charge in [0.2, 0.25) is 0 Å². The van der Waals surface area contributed by atoms with Crippen LogP contribution < -0.4 is 10.6 Å². The molecule has 92 valence electrons. The summed E-state index contributed by atoms with van der Waals surface area (Å²) in [7, 11) is 0. The van der Waals surface area contributed by atoms with Crippen LogP contribution in [0.3, 0.4) is 0 Å². The van der Waals surface area contributed by atoms with Gasteiger partial charge in [0.15, 0.2) is 5.13 Å². The highest BCUT2D eigenvalue weighted by Crippen LogP contribution is 2.24. The zero-order valence-electron chi connectivity index (χ0n) is 10.7. The molecule has 1 aromatic heterocycles. The number of rotatable bonds is 6. The number of hydrogen-bond acceptors (Lipinski definition) is 4. The molecule has 0 fully saturated rings. The summed E-state index contributed by atoms with van der Waals surface area (Å²) in [4.78, 5) is 6.93. The largest absolute Gasteiger partial charge is 0.348 e. The first-order chi connectivity index (χ1) is 7.58. The lowest BCUT2D eigenvalue weighted by molar-refractivity contribution is 0.547. The van der Waals surface area contributed by atoms with Crippen molar-refractivity contribution in [3.05, 3.63) is 11.1 Å². The first kappa shape index (κ1) is 13.5. The van der Waals surface area contributed by atoms with Crippen LogP contribution in [0.15, 0.2) is 5.38 Å². The minimum atomic E-state index is 0.0345. The van der Waals surface area contributed by atoms with Crippen LogP contribution in [0.4, 0.5) is 5.13 Å². The van der Waals surface area contributed by atoms with E-state index in [-0.39, 0.29) is 6.04 Å². The molecule has 0 amide bonds. The molecule has 0 saturated heterocycles. The zero-order chi connectivity index (χ0) is 12.1. The molecule has 16 heavy (non-hydrogen) atoms. The van der Waals surface area contributed by atoms with Crippen molar-refractivity contribution < 1.29 is 0 Å².